The van der Waals surface area contributed by atoms with Crippen LogP contribution in [0, 0.1) is 23.4 Å². The van der Waals surface area contributed by atoms with Crippen molar-refractivity contribution in [1.82, 2.24) is 4.90 Å². The van der Waals surface area contributed by atoms with Gasteiger partial charge in [-0.3, -0.25) is 4.79 Å². The van der Waals surface area contributed by atoms with E-state index in [9.17, 15) is 18.0 Å². The number of likely N-dealkylation sites (tertiary alicyclic amines) is 1. The van der Waals surface area contributed by atoms with E-state index in [1.807, 2.05) is 0 Å². The number of piperidine rings is 1. The molecule has 1 amide bonds. The van der Waals surface area contributed by atoms with Crippen molar-refractivity contribution in [1.29, 1.82) is 0 Å². The van der Waals surface area contributed by atoms with Crippen LogP contribution in [0.15, 0.2) is 42.5 Å². The van der Waals surface area contributed by atoms with Gasteiger partial charge in [-0.25, -0.2) is 13.2 Å². The van der Waals surface area contributed by atoms with Crippen LogP contribution >= 0.6 is 0 Å². The zero-order chi connectivity index (χ0) is 17.8. The van der Waals surface area contributed by atoms with Crippen molar-refractivity contribution in [3.63, 3.8) is 0 Å². The molecule has 0 radical (unpaired) electrons. The summed E-state index contributed by atoms with van der Waals surface area (Å²) < 4.78 is 40.6. The molecule has 0 bridgehead atoms. The maximum atomic E-state index is 13.8. The Morgan fingerprint density at radius 2 is 1.72 bits per heavy atom. The monoisotopic (exact) mass is 347 g/mol. The van der Waals surface area contributed by atoms with E-state index in [-0.39, 0.29) is 11.7 Å². The van der Waals surface area contributed by atoms with Crippen LogP contribution in [0.1, 0.15) is 35.2 Å². The SMILES string of the molecule is O=C(c1c(F)cccc1F)N1CCC[C@H](CCc2ccc(F)cc2)C1. The van der Waals surface area contributed by atoms with Crippen LogP contribution in [-0.4, -0.2) is 23.9 Å². The summed E-state index contributed by atoms with van der Waals surface area (Å²) in [6, 6.07) is 9.85. The van der Waals surface area contributed by atoms with Crippen LogP contribution in [0.3, 0.4) is 0 Å². The Bertz CT molecular complexity index is 725. The molecule has 3 rings (SSSR count). The summed E-state index contributed by atoms with van der Waals surface area (Å²) in [4.78, 5) is 14.0. The van der Waals surface area contributed by atoms with E-state index in [2.05, 4.69) is 0 Å². The molecule has 2 aromatic carbocycles. The quantitative estimate of drug-likeness (QED) is 0.792. The Hall–Kier alpha value is -2.30. The van der Waals surface area contributed by atoms with Crippen LogP contribution in [0.4, 0.5) is 13.2 Å². The molecule has 1 fully saturated rings. The van der Waals surface area contributed by atoms with Crippen molar-refractivity contribution in [2.24, 2.45) is 5.92 Å². The molecule has 25 heavy (non-hydrogen) atoms. The number of rotatable bonds is 4. The number of carbonyl (C=O) groups is 1. The summed E-state index contributed by atoms with van der Waals surface area (Å²) >= 11 is 0. The van der Waals surface area contributed by atoms with Gasteiger partial charge in [0.25, 0.3) is 5.91 Å². The summed E-state index contributed by atoms with van der Waals surface area (Å²) in [6.45, 7) is 1.01. The minimum absolute atomic E-state index is 0.259. The van der Waals surface area contributed by atoms with Gasteiger partial charge >= 0.3 is 0 Å². The Balaban J connectivity index is 1.62. The van der Waals surface area contributed by atoms with E-state index in [4.69, 9.17) is 0 Å². The first-order valence-corrected chi connectivity index (χ1v) is 8.52. The highest BCUT2D eigenvalue weighted by Gasteiger charge is 2.27. The molecule has 132 valence electrons. The van der Waals surface area contributed by atoms with E-state index in [0.29, 0.717) is 13.1 Å². The first kappa shape index (κ1) is 17.5. The second-order valence-corrected chi connectivity index (χ2v) is 6.52. The van der Waals surface area contributed by atoms with Crippen molar-refractivity contribution in [2.75, 3.05) is 13.1 Å². The van der Waals surface area contributed by atoms with E-state index in [1.165, 1.54) is 18.2 Å². The van der Waals surface area contributed by atoms with Gasteiger partial charge in [-0.05, 0) is 61.4 Å². The lowest BCUT2D eigenvalue weighted by atomic mass is 9.91. The van der Waals surface area contributed by atoms with Crippen LogP contribution in [0.2, 0.25) is 0 Å². The third kappa shape index (κ3) is 4.21. The highest BCUT2D eigenvalue weighted by molar-refractivity contribution is 5.94. The second kappa shape index (κ2) is 7.72. The van der Waals surface area contributed by atoms with Gasteiger partial charge in [0.1, 0.15) is 23.0 Å². The number of hydrogen-bond acceptors (Lipinski definition) is 1. The molecule has 1 heterocycles. The summed E-state index contributed by atoms with van der Waals surface area (Å²) in [5.74, 6) is -2.21. The number of hydrogen-bond donors (Lipinski definition) is 0. The van der Waals surface area contributed by atoms with Crippen molar-refractivity contribution in [3.8, 4) is 0 Å². The fraction of sp³-hybridized carbons (Fsp3) is 0.350. The fourth-order valence-electron chi connectivity index (χ4n) is 3.37. The van der Waals surface area contributed by atoms with Crippen LogP contribution in [0.25, 0.3) is 0 Å². The van der Waals surface area contributed by atoms with Crippen molar-refractivity contribution in [3.05, 3.63) is 71.0 Å². The molecule has 0 aliphatic carbocycles. The van der Waals surface area contributed by atoms with Crippen LogP contribution < -0.4 is 0 Å². The minimum atomic E-state index is -0.821. The van der Waals surface area contributed by atoms with Gasteiger partial charge < -0.3 is 4.90 Å². The van der Waals surface area contributed by atoms with E-state index in [1.54, 1.807) is 17.0 Å². The lowest BCUT2D eigenvalue weighted by Gasteiger charge is -2.33. The number of nitrogens with zero attached hydrogens (tertiary/aromatic N) is 1. The molecule has 0 unspecified atom stereocenters. The Kier molecular flexibility index (Phi) is 5.41. The number of benzene rings is 2. The van der Waals surface area contributed by atoms with Crippen molar-refractivity contribution in [2.45, 2.75) is 25.7 Å². The van der Waals surface area contributed by atoms with Crippen molar-refractivity contribution < 1.29 is 18.0 Å². The molecule has 5 heteroatoms. The topological polar surface area (TPSA) is 20.3 Å². The first-order chi connectivity index (χ1) is 12.0. The number of aryl methyl sites for hydroxylation is 1. The summed E-state index contributed by atoms with van der Waals surface area (Å²) in [7, 11) is 0. The van der Waals surface area contributed by atoms with Gasteiger partial charge in [-0.2, -0.15) is 0 Å². The second-order valence-electron chi connectivity index (χ2n) is 6.52. The van der Waals surface area contributed by atoms with Gasteiger partial charge in [-0.15, -0.1) is 0 Å². The third-order valence-corrected chi connectivity index (χ3v) is 4.74. The van der Waals surface area contributed by atoms with Gasteiger partial charge in [0.15, 0.2) is 0 Å². The lowest BCUT2D eigenvalue weighted by molar-refractivity contribution is 0.0658. The van der Waals surface area contributed by atoms with E-state index >= 15 is 0 Å². The van der Waals surface area contributed by atoms with Crippen LogP contribution in [-0.2, 0) is 6.42 Å². The van der Waals surface area contributed by atoms with E-state index in [0.717, 1.165) is 43.4 Å². The minimum Gasteiger partial charge on any atom is -0.338 e. The molecule has 0 N–H and O–H groups in total. The van der Waals surface area contributed by atoms with Crippen molar-refractivity contribution >= 4 is 5.91 Å². The first-order valence-electron chi connectivity index (χ1n) is 8.52. The molecule has 0 saturated carbocycles. The number of halogens is 3. The van der Waals surface area contributed by atoms with Gasteiger partial charge in [0, 0.05) is 13.1 Å². The molecular weight excluding hydrogens is 327 g/mol. The smallest absolute Gasteiger partial charge is 0.259 e. The molecule has 1 saturated heterocycles. The van der Waals surface area contributed by atoms with Crippen LogP contribution in [0.5, 0.6) is 0 Å². The molecular formula is C20H20F3NO. The molecule has 1 atom stereocenters. The zero-order valence-electron chi connectivity index (χ0n) is 13.9. The highest BCUT2D eigenvalue weighted by Crippen LogP contribution is 2.24. The summed E-state index contributed by atoms with van der Waals surface area (Å²) in [6.07, 6.45) is 3.44. The highest BCUT2D eigenvalue weighted by atomic mass is 19.1. The largest absolute Gasteiger partial charge is 0.338 e. The molecule has 0 aromatic heterocycles. The molecule has 0 spiro atoms. The maximum absolute atomic E-state index is 13.8. The number of carbonyl (C=O) groups excluding carboxylic acids is 1. The van der Waals surface area contributed by atoms with Gasteiger partial charge in [-0.1, -0.05) is 18.2 Å². The van der Waals surface area contributed by atoms with Gasteiger partial charge in [0.2, 0.25) is 0 Å². The van der Waals surface area contributed by atoms with Gasteiger partial charge in [0.05, 0.1) is 0 Å². The molecule has 2 nitrogen and oxygen atoms in total. The summed E-state index contributed by atoms with van der Waals surface area (Å²) in [5.41, 5.74) is 0.576. The summed E-state index contributed by atoms with van der Waals surface area (Å²) in [5, 5.41) is 0. The molecule has 1 aliphatic heterocycles. The number of amides is 1. The average Bonchev–Trinajstić information content (AvgIpc) is 2.61. The fourth-order valence-corrected chi connectivity index (χ4v) is 3.37. The predicted molar refractivity (Wildman–Crippen MR) is 89.7 cm³/mol. The standard InChI is InChI=1S/C20H20F3NO/c21-16-10-8-14(9-11-16)6-7-15-3-2-12-24(13-15)20(25)19-17(22)4-1-5-18(19)23/h1,4-5,8-11,15H,2-3,6-7,12-13H2/t15-/m1/s1. The molecule has 1 aliphatic rings. The maximum Gasteiger partial charge on any atom is 0.259 e. The average molecular weight is 347 g/mol. The van der Waals surface area contributed by atoms with E-state index < -0.39 is 23.1 Å². The zero-order valence-corrected chi connectivity index (χ0v) is 13.9. The lowest BCUT2D eigenvalue weighted by Crippen LogP contribution is -2.40. The normalized spacial score (nSPS) is 17.6. The Morgan fingerprint density at radius 1 is 1.04 bits per heavy atom. The predicted octanol–water partition coefficient (Wildman–Crippen LogP) is 4.59. The Labute approximate surface area is 145 Å². The Morgan fingerprint density at radius 3 is 2.40 bits per heavy atom. The molecule has 2 aromatic rings. The third-order valence-electron chi connectivity index (χ3n) is 4.74.